The normalized spacial score (nSPS) is 13.9. The van der Waals surface area contributed by atoms with Gasteiger partial charge in [0, 0.05) is 31.7 Å². The third-order valence-corrected chi connectivity index (χ3v) is 6.07. The summed E-state index contributed by atoms with van der Waals surface area (Å²) in [6.07, 6.45) is 0. The third-order valence-electron chi connectivity index (χ3n) is 6.07. The van der Waals surface area contributed by atoms with E-state index in [9.17, 15) is 4.79 Å². The molecule has 2 heterocycles. The molecule has 1 aliphatic rings. The Kier molecular flexibility index (Phi) is 6.40. The highest BCUT2D eigenvalue weighted by Crippen LogP contribution is 2.24. The summed E-state index contributed by atoms with van der Waals surface area (Å²) in [4.78, 5) is 16.7. The lowest BCUT2D eigenvalue weighted by molar-refractivity contribution is -0.133. The molecule has 32 heavy (non-hydrogen) atoms. The fourth-order valence-corrected chi connectivity index (χ4v) is 3.94. The molecule has 1 aliphatic heterocycles. The largest absolute Gasteiger partial charge is 0.483 e. The summed E-state index contributed by atoms with van der Waals surface area (Å²) in [6, 6.07) is 16.4. The Morgan fingerprint density at radius 1 is 0.875 bits per heavy atom. The first-order chi connectivity index (χ1) is 15.4. The number of amides is 1. The van der Waals surface area contributed by atoms with Gasteiger partial charge in [-0.05, 0) is 62.6 Å². The molecule has 4 rings (SSSR count). The number of carbonyl (C=O) groups is 1. The van der Waals surface area contributed by atoms with E-state index in [1.807, 2.05) is 36.9 Å². The number of carbonyl (C=O) groups excluding carboxylic acids is 1. The van der Waals surface area contributed by atoms with Gasteiger partial charge < -0.3 is 14.5 Å². The standard InChI is InChI=1S/C26H30N4O2/c1-18-5-7-22(8-6-18)23-9-10-25(28-27-23)29-11-13-30(14-12-29)26(31)17-32-24-16-19(2)15-20(3)21(24)4/h5-10,15-16H,11-14,17H2,1-4H3. The first-order valence-corrected chi connectivity index (χ1v) is 11.0. The Morgan fingerprint density at radius 2 is 1.59 bits per heavy atom. The Labute approximate surface area is 189 Å². The van der Waals surface area contributed by atoms with Crippen molar-refractivity contribution in [2.45, 2.75) is 27.7 Å². The van der Waals surface area contributed by atoms with Crippen LogP contribution < -0.4 is 9.64 Å². The fourth-order valence-electron chi connectivity index (χ4n) is 3.94. The van der Waals surface area contributed by atoms with E-state index < -0.39 is 0 Å². The number of piperazine rings is 1. The predicted octanol–water partition coefficient (Wildman–Crippen LogP) is 4.10. The Hall–Kier alpha value is -3.41. The summed E-state index contributed by atoms with van der Waals surface area (Å²) in [6.45, 7) is 11.0. The second-order valence-electron chi connectivity index (χ2n) is 8.50. The molecular weight excluding hydrogens is 400 g/mol. The quantitative estimate of drug-likeness (QED) is 0.610. The SMILES string of the molecule is Cc1ccc(-c2ccc(N3CCN(C(=O)COc4cc(C)cc(C)c4C)CC3)nn2)cc1. The lowest BCUT2D eigenvalue weighted by atomic mass is 10.1. The Balaban J connectivity index is 1.31. The van der Waals surface area contributed by atoms with Crippen LogP contribution in [0.25, 0.3) is 11.3 Å². The number of hydrogen-bond donors (Lipinski definition) is 0. The van der Waals surface area contributed by atoms with Gasteiger partial charge in [0.1, 0.15) is 5.75 Å². The minimum absolute atomic E-state index is 0.0176. The van der Waals surface area contributed by atoms with Gasteiger partial charge in [0.2, 0.25) is 0 Å². The second-order valence-corrected chi connectivity index (χ2v) is 8.50. The van der Waals surface area contributed by atoms with Gasteiger partial charge in [-0.1, -0.05) is 35.9 Å². The molecule has 1 saturated heterocycles. The number of hydrogen-bond acceptors (Lipinski definition) is 5. The van der Waals surface area contributed by atoms with Crippen LogP contribution in [0.1, 0.15) is 22.3 Å². The molecule has 1 aromatic heterocycles. The summed E-state index contributed by atoms with van der Waals surface area (Å²) < 4.78 is 5.86. The number of ether oxygens (including phenoxy) is 1. The van der Waals surface area contributed by atoms with Gasteiger partial charge in [-0.25, -0.2) is 0 Å². The van der Waals surface area contributed by atoms with Crippen molar-refractivity contribution in [1.82, 2.24) is 15.1 Å². The maximum absolute atomic E-state index is 12.7. The molecule has 6 heteroatoms. The minimum Gasteiger partial charge on any atom is -0.483 e. The van der Waals surface area contributed by atoms with E-state index in [0.717, 1.165) is 47.0 Å². The lowest BCUT2D eigenvalue weighted by Gasteiger charge is -2.35. The van der Waals surface area contributed by atoms with E-state index in [1.54, 1.807) is 0 Å². The molecule has 0 bridgehead atoms. The van der Waals surface area contributed by atoms with Gasteiger partial charge in [-0.3, -0.25) is 4.79 Å². The number of aryl methyl sites for hydroxylation is 3. The molecule has 1 amide bonds. The molecule has 166 valence electrons. The molecule has 0 atom stereocenters. The van der Waals surface area contributed by atoms with E-state index in [0.29, 0.717) is 13.1 Å². The van der Waals surface area contributed by atoms with Gasteiger partial charge in [-0.15, -0.1) is 10.2 Å². The van der Waals surface area contributed by atoms with Gasteiger partial charge in [0.25, 0.3) is 5.91 Å². The molecule has 3 aromatic rings. The van der Waals surface area contributed by atoms with Crippen LogP contribution in [-0.2, 0) is 4.79 Å². The number of rotatable bonds is 5. The first-order valence-electron chi connectivity index (χ1n) is 11.0. The summed E-state index contributed by atoms with van der Waals surface area (Å²) >= 11 is 0. The van der Waals surface area contributed by atoms with Crippen molar-refractivity contribution >= 4 is 11.7 Å². The monoisotopic (exact) mass is 430 g/mol. The summed E-state index contributed by atoms with van der Waals surface area (Å²) in [5.74, 6) is 1.65. The minimum atomic E-state index is 0.0176. The molecule has 6 nitrogen and oxygen atoms in total. The molecular formula is C26H30N4O2. The van der Waals surface area contributed by atoms with Crippen molar-refractivity contribution < 1.29 is 9.53 Å². The highest BCUT2D eigenvalue weighted by Gasteiger charge is 2.22. The molecule has 2 aromatic carbocycles. The maximum atomic E-state index is 12.7. The molecule has 1 fully saturated rings. The van der Waals surface area contributed by atoms with Crippen LogP contribution in [0.2, 0.25) is 0 Å². The topological polar surface area (TPSA) is 58.6 Å². The zero-order chi connectivity index (χ0) is 22.7. The highest BCUT2D eigenvalue weighted by molar-refractivity contribution is 5.78. The predicted molar refractivity (Wildman–Crippen MR) is 127 cm³/mol. The van der Waals surface area contributed by atoms with Crippen molar-refractivity contribution in [3.8, 4) is 17.0 Å². The van der Waals surface area contributed by atoms with Crippen LogP contribution >= 0.6 is 0 Å². The number of benzene rings is 2. The third kappa shape index (κ3) is 4.90. The zero-order valence-electron chi connectivity index (χ0n) is 19.3. The van der Waals surface area contributed by atoms with Crippen LogP contribution in [-0.4, -0.2) is 53.8 Å². The number of anilines is 1. The Bertz CT molecular complexity index is 1090. The fraction of sp³-hybridized carbons (Fsp3) is 0.346. The lowest BCUT2D eigenvalue weighted by Crippen LogP contribution is -2.50. The van der Waals surface area contributed by atoms with Gasteiger partial charge in [0.05, 0.1) is 5.69 Å². The van der Waals surface area contributed by atoms with Gasteiger partial charge in [-0.2, -0.15) is 0 Å². The van der Waals surface area contributed by atoms with Gasteiger partial charge in [0.15, 0.2) is 12.4 Å². The second kappa shape index (κ2) is 9.39. The van der Waals surface area contributed by atoms with Crippen molar-refractivity contribution in [1.29, 1.82) is 0 Å². The van der Waals surface area contributed by atoms with Crippen molar-refractivity contribution in [2.24, 2.45) is 0 Å². The highest BCUT2D eigenvalue weighted by atomic mass is 16.5. The average Bonchev–Trinajstić information content (AvgIpc) is 2.81. The van der Waals surface area contributed by atoms with Crippen LogP contribution in [0, 0.1) is 27.7 Å². The van der Waals surface area contributed by atoms with E-state index >= 15 is 0 Å². The van der Waals surface area contributed by atoms with Crippen LogP contribution in [0.5, 0.6) is 5.75 Å². The van der Waals surface area contributed by atoms with Crippen LogP contribution in [0.4, 0.5) is 5.82 Å². The number of nitrogens with zero attached hydrogens (tertiary/aromatic N) is 4. The van der Waals surface area contributed by atoms with Crippen molar-refractivity contribution in [3.05, 3.63) is 70.8 Å². The van der Waals surface area contributed by atoms with E-state index in [2.05, 4.69) is 59.3 Å². The van der Waals surface area contributed by atoms with Crippen molar-refractivity contribution in [3.63, 3.8) is 0 Å². The molecule has 0 spiro atoms. The summed E-state index contributed by atoms with van der Waals surface area (Å²) in [7, 11) is 0. The van der Waals surface area contributed by atoms with E-state index in [-0.39, 0.29) is 12.5 Å². The smallest absolute Gasteiger partial charge is 0.260 e. The maximum Gasteiger partial charge on any atom is 0.260 e. The summed E-state index contributed by atoms with van der Waals surface area (Å²) in [5.41, 5.74) is 6.54. The number of aromatic nitrogens is 2. The van der Waals surface area contributed by atoms with Gasteiger partial charge >= 0.3 is 0 Å². The molecule has 0 aliphatic carbocycles. The zero-order valence-corrected chi connectivity index (χ0v) is 19.3. The molecule has 0 unspecified atom stereocenters. The Morgan fingerprint density at radius 3 is 2.25 bits per heavy atom. The van der Waals surface area contributed by atoms with E-state index in [4.69, 9.17) is 4.74 Å². The first kappa shape index (κ1) is 21.8. The molecule has 0 saturated carbocycles. The molecule has 0 radical (unpaired) electrons. The summed E-state index contributed by atoms with van der Waals surface area (Å²) in [5, 5.41) is 8.82. The molecule has 0 N–H and O–H groups in total. The average molecular weight is 431 g/mol. The van der Waals surface area contributed by atoms with Crippen molar-refractivity contribution in [2.75, 3.05) is 37.7 Å². The van der Waals surface area contributed by atoms with E-state index in [1.165, 1.54) is 11.1 Å². The van der Waals surface area contributed by atoms with Crippen LogP contribution in [0.15, 0.2) is 48.5 Å². The van der Waals surface area contributed by atoms with Crippen LogP contribution in [0.3, 0.4) is 0 Å².